The minimum Gasteiger partial charge on any atom is -0.377 e. The molecule has 32 heavy (non-hydrogen) atoms. The molecule has 0 radical (unpaired) electrons. The van der Waals surface area contributed by atoms with Gasteiger partial charge in [-0.1, -0.05) is 23.7 Å². The van der Waals surface area contributed by atoms with Gasteiger partial charge in [-0.15, -0.1) is 0 Å². The van der Waals surface area contributed by atoms with E-state index in [2.05, 4.69) is 10.0 Å². The van der Waals surface area contributed by atoms with Crippen molar-refractivity contribution < 1.29 is 31.1 Å². The van der Waals surface area contributed by atoms with E-state index in [1.165, 1.54) is 30.3 Å². The Kier molecular flexibility index (Phi) is 7.81. The molecule has 2 aromatic rings. The molecule has 1 atom stereocenters. The van der Waals surface area contributed by atoms with Crippen LogP contribution in [0.1, 0.15) is 34.3 Å². The number of nitrogens with one attached hydrogen (secondary N) is 2. The first kappa shape index (κ1) is 24.5. The fourth-order valence-corrected chi connectivity index (χ4v) is 4.81. The number of alkyl halides is 3. The van der Waals surface area contributed by atoms with Crippen LogP contribution in [-0.4, -0.2) is 40.1 Å². The highest BCUT2D eigenvalue weighted by atomic mass is 35.5. The number of benzene rings is 2. The van der Waals surface area contributed by atoms with E-state index in [1.807, 2.05) is 0 Å². The SMILES string of the molecule is O=C(NCCc1ccc(C(F)(F)F)cc1)c1ccc(Cl)c(S(=O)(=O)NCC2CCCO2)c1. The zero-order valence-electron chi connectivity index (χ0n) is 16.9. The molecule has 1 fully saturated rings. The average Bonchev–Trinajstić information content (AvgIpc) is 3.26. The van der Waals surface area contributed by atoms with E-state index in [4.69, 9.17) is 16.3 Å². The maximum absolute atomic E-state index is 12.6. The number of ether oxygens (including phenoxy) is 1. The number of amides is 1. The number of rotatable bonds is 8. The van der Waals surface area contributed by atoms with Crippen LogP contribution in [-0.2, 0) is 27.4 Å². The van der Waals surface area contributed by atoms with E-state index in [0.717, 1.165) is 25.0 Å². The molecular formula is C21H22ClF3N2O4S. The zero-order valence-corrected chi connectivity index (χ0v) is 18.5. The summed E-state index contributed by atoms with van der Waals surface area (Å²) in [4.78, 5) is 12.2. The first-order chi connectivity index (χ1) is 15.1. The van der Waals surface area contributed by atoms with Crippen LogP contribution in [0.4, 0.5) is 13.2 Å². The van der Waals surface area contributed by atoms with Crippen LogP contribution >= 0.6 is 11.6 Å². The van der Waals surface area contributed by atoms with Crippen molar-refractivity contribution in [2.24, 2.45) is 0 Å². The quantitative estimate of drug-likeness (QED) is 0.589. The van der Waals surface area contributed by atoms with Crippen molar-refractivity contribution in [3.63, 3.8) is 0 Å². The lowest BCUT2D eigenvalue weighted by molar-refractivity contribution is -0.137. The molecule has 0 bridgehead atoms. The van der Waals surface area contributed by atoms with Crippen molar-refractivity contribution in [3.8, 4) is 0 Å². The van der Waals surface area contributed by atoms with Crippen LogP contribution in [0.5, 0.6) is 0 Å². The summed E-state index contributed by atoms with van der Waals surface area (Å²) < 4.78 is 70.9. The van der Waals surface area contributed by atoms with E-state index in [-0.39, 0.29) is 34.7 Å². The van der Waals surface area contributed by atoms with Gasteiger partial charge in [0, 0.05) is 25.3 Å². The molecule has 1 saturated heterocycles. The molecule has 0 spiro atoms. The van der Waals surface area contributed by atoms with Crippen molar-refractivity contribution in [2.45, 2.75) is 36.4 Å². The lowest BCUT2D eigenvalue weighted by Gasteiger charge is -2.13. The Morgan fingerprint density at radius 3 is 2.50 bits per heavy atom. The second-order valence-electron chi connectivity index (χ2n) is 7.33. The summed E-state index contributed by atoms with van der Waals surface area (Å²) in [6.45, 7) is 0.865. The maximum atomic E-state index is 12.6. The molecule has 3 rings (SSSR count). The van der Waals surface area contributed by atoms with E-state index in [0.29, 0.717) is 18.6 Å². The first-order valence-electron chi connectivity index (χ1n) is 9.91. The van der Waals surface area contributed by atoms with Crippen LogP contribution in [0.15, 0.2) is 47.4 Å². The summed E-state index contributed by atoms with van der Waals surface area (Å²) in [5.74, 6) is -0.524. The molecule has 1 aliphatic heterocycles. The summed E-state index contributed by atoms with van der Waals surface area (Å²) >= 11 is 6.05. The third-order valence-corrected chi connectivity index (χ3v) is 6.89. The Labute approximate surface area is 189 Å². The summed E-state index contributed by atoms with van der Waals surface area (Å²) in [5.41, 5.74) is -0.0244. The predicted octanol–water partition coefficient (Wildman–Crippen LogP) is 3.79. The van der Waals surface area contributed by atoms with Gasteiger partial charge in [0.25, 0.3) is 5.91 Å². The summed E-state index contributed by atoms with van der Waals surface area (Å²) in [5, 5.41) is 2.61. The molecule has 174 valence electrons. The van der Waals surface area contributed by atoms with Gasteiger partial charge in [0.15, 0.2) is 0 Å². The van der Waals surface area contributed by atoms with Gasteiger partial charge in [-0.2, -0.15) is 13.2 Å². The minimum absolute atomic E-state index is 0.0221. The monoisotopic (exact) mass is 490 g/mol. The Morgan fingerprint density at radius 1 is 1.16 bits per heavy atom. The standard InChI is InChI=1S/C21H22ClF3N2O4S/c22-18-8-5-15(12-19(18)32(29,30)27-13-17-2-1-11-31-17)20(28)26-10-9-14-3-6-16(7-4-14)21(23,24)25/h3-8,12,17,27H,1-2,9-11,13H2,(H,26,28). The normalized spacial score (nSPS) is 16.8. The van der Waals surface area contributed by atoms with Gasteiger partial charge in [-0.25, -0.2) is 13.1 Å². The van der Waals surface area contributed by atoms with Crippen molar-refractivity contribution >= 4 is 27.5 Å². The van der Waals surface area contributed by atoms with Crippen molar-refractivity contribution in [1.82, 2.24) is 10.0 Å². The summed E-state index contributed by atoms with van der Waals surface area (Å²) in [6.07, 6.45) is -2.66. The highest BCUT2D eigenvalue weighted by Gasteiger charge is 2.30. The van der Waals surface area contributed by atoms with Crippen LogP contribution in [0, 0.1) is 0 Å². The predicted molar refractivity (Wildman–Crippen MR) is 113 cm³/mol. The average molecular weight is 491 g/mol. The molecule has 1 amide bonds. The number of sulfonamides is 1. The van der Waals surface area contributed by atoms with Crippen molar-refractivity contribution in [1.29, 1.82) is 0 Å². The number of carbonyl (C=O) groups is 1. The van der Waals surface area contributed by atoms with Crippen LogP contribution in [0.3, 0.4) is 0 Å². The largest absolute Gasteiger partial charge is 0.416 e. The van der Waals surface area contributed by atoms with Gasteiger partial charge in [0.1, 0.15) is 4.90 Å². The van der Waals surface area contributed by atoms with Gasteiger partial charge in [-0.3, -0.25) is 4.79 Å². The van der Waals surface area contributed by atoms with E-state index in [1.54, 1.807) is 0 Å². The van der Waals surface area contributed by atoms with Crippen molar-refractivity contribution in [2.75, 3.05) is 19.7 Å². The number of carbonyl (C=O) groups excluding carboxylic acids is 1. The van der Waals surface area contributed by atoms with Gasteiger partial charge in [-0.05, 0) is 55.2 Å². The number of hydrogen-bond donors (Lipinski definition) is 2. The molecule has 1 heterocycles. The Balaban J connectivity index is 1.59. The van der Waals surface area contributed by atoms with E-state index >= 15 is 0 Å². The van der Waals surface area contributed by atoms with Gasteiger partial charge in [0.05, 0.1) is 16.7 Å². The highest BCUT2D eigenvalue weighted by Crippen LogP contribution is 2.29. The van der Waals surface area contributed by atoms with Gasteiger partial charge >= 0.3 is 6.18 Å². The molecule has 0 saturated carbocycles. The molecule has 11 heteroatoms. The van der Waals surface area contributed by atoms with Gasteiger partial charge < -0.3 is 10.1 Å². The summed E-state index contributed by atoms with van der Waals surface area (Å²) in [6, 6.07) is 8.58. The van der Waals surface area contributed by atoms with E-state index < -0.39 is 27.7 Å². The molecular weight excluding hydrogens is 469 g/mol. The maximum Gasteiger partial charge on any atom is 0.416 e. The van der Waals surface area contributed by atoms with Crippen molar-refractivity contribution in [3.05, 3.63) is 64.2 Å². The molecule has 6 nitrogen and oxygen atoms in total. The molecule has 0 aromatic heterocycles. The highest BCUT2D eigenvalue weighted by molar-refractivity contribution is 7.89. The topological polar surface area (TPSA) is 84.5 Å². The number of hydrogen-bond acceptors (Lipinski definition) is 4. The van der Waals surface area contributed by atoms with Gasteiger partial charge in [0.2, 0.25) is 10.0 Å². The first-order valence-corrected chi connectivity index (χ1v) is 11.8. The fourth-order valence-electron chi connectivity index (χ4n) is 3.22. The Morgan fingerprint density at radius 2 is 1.88 bits per heavy atom. The third-order valence-electron chi connectivity index (χ3n) is 4.99. The zero-order chi connectivity index (χ0) is 23.4. The Bertz CT molecular complexity index is 1050. The molecule has 2 N–H and O–H groups in total. The summed E-state index contributed by atoms with van der Waals surface area (Å²) in [7, 11) is -3.95. The minimum atomic E-state index is -4.40. The molecule has 0 aliphatic carbocycles. The molecule has 1 aliphatic rings. The smallest absolute Gasteiger partial charge is 0.377 e. The lowest BCUT2D eigenvalue weighted by Crippen LogP contribution is -2.32. The second kappa shape index (κ2) is 10.2. The van der Waals surface area contributed by atoms with Crippen LogP contribution in [0.2, 0.25) is 5.02 Å². The lowest BCUT2D eigenvalue weighted by atomic mass is 10.1. The second-order valence-corrected chi connectivity index (χ2v) is 9.48. The third kappa shape index (κ3) is 6.44. The molecule has 1 unspecified atom stereocenters. The Hall–Kier alpha value is -2.14. The fraction of sp³-hybridized carbons (Fsp3) is 0.381. The van der Waals surface area contributed by atoms with Crippen LogP contribution < -0.4 is 10.0 Å². The number of halogens is 4. The van der Waals surface area contributed by atoms with Crippen LogP contribution in [0.25, 0.3) is 0 Å². The van der Waals surface area contributed by atoms with E-state index in [9.17, 15) is 26.4 Å². The molecule has 2 aromatic carbocycles.